The normalized spacial score (nSPS) is 12.8. The van der Waals surface area contributed by atoms with E-state index in [1.807, 2.05) is 0 Å². The minimum absolute atomic E-state index is 0.00625. The predicted molar refractivity (Wildman–Crippen MR) is 79.1 cm³/mol. The molecule has 22 heavy (non-hydrogen) atoms. The molecule has 0 atom stereocenters. The minimum Gasteiger partial charge on any atom is -0.351 e. The first kappa shape index (κ1) is 13.9. The summed E-state index contributed by atoms with van der Waals surface area (Å²) in [7, 11) is 1.58. The number of hydrogen-bond donors (Lipinski definition) is 1. The van der Waals surface area contributed by atoms with Gasteiger partial charge in [0.2, 0.25) is 0 Å². The third-order valence-corrected chi connectivity index (χ3v) is 3.58. The lowest BCUT2D eigenvalue weighted by molar-refractivity contribution is -0.383. The van der Waals surface area contributed by atoms with Crippen LogP contribution in [-0.2, 0) is 0 Å². The van der Waals surface area contributed by atoms with Crippen LogP contribution < -0.4 is 10.2 Å². The number of amides is 2. The zero-order chi connectivity index (χ0) is 16.0. The second-order valence-corrected chi connectivity index (χ2v) is 4.86. The lowest BCUT2D eigenvalue weighted by Crippen LogP contribution is -2.24. The summed E-state index contributed by atoms with van der Waals surface area (Å²) in [4.78, 5) is 40.4. The second kappa shape index (κ2) is 4.76. The quantitative estimate of drug-likeness (QED) is 0.682. The molecule has 0 fully saturated rings. The zero-order valence-electron chi connectivity index (χ0n) is 11.9. The molecule has 1 aliphatic heterocycles. The minimum atomic E-state index is -0.569. The van der Waals surface area contributed by atoms with Gasteiger partial charge in [0.15, 0.2) is 5.52 Å². The number of benzene rings is 1. The van der Waals surface area contributed by atoms with E-state index in [0.717, 1.165) is 0 Å². The number of non-ortho nitro benzene ring substituents is 1. The van der Waals surface area contributed by atoms with Crippen LogP contribution in [0.1, 0.15) is 27.8 Å². The Morgan fingerprint density at radius 1 is 1.45 bits per heavy atom. The van der Waals surface area contributed by atoms with Gasteiger partial charge in [-0.1, -0.05) is 0 Å². The maximum atomic E-state index is 12.3. The number of anilines is 1. The van der Waals surface area contributed by atoms with Crippen LogP contribution in [0, 0.1) is 10.1 Å². The van der Waals surface area contributed by atoms with Crippen molar-refractivity contribution in [1.29, 1.82) is 0 Å². The van der Waals surface area contributed by atoms with Crippen molar-refractivity contribution >= 4 is 34.1 Å². The van der Waals surface area contributed by atoms with Crippen LogP contribution in [0.5, 0.6) is 0 Å². The Labute approximate surface area is 124 Å². The summed E-state index contributed by atoms with van der Waals surface area (Å²) in [5, 5.41) is 14.2. The fourth-order valence-electron chi connectivity index (χ4n) is 2.56. The number of nitrogens with one attached hydrogen (secondary N) is 1. The van der Waals surface area contributed by atoms with Gasteiger partial charge in [-0.15, -0.1) is 0 Å². The Morgan fingerprint density at radius 3 is 2.82 bits per heavy atom. The maximum Gasteiger partial charge on any atom is 0.295 e. The predicted octanol–water partition coefficient (Wildman–Crippen LogP) is 1.48. The average Bonchev–Trinajstić information content (AvgIpc) is 2.74. The van der Waals surface area contributed by atoms with Crippen LogP contribution in [0.4, 0.5) is 11.4 Å². The number of nitro groups is 1. The van der Waals surface area contributed by atoms with E-state index < -0.39 is 10.8 Å². The Bertz CT molecular complexity index is 846. The van der Waals surface area contributed by atoms with Gasteiger partial charge >= 0.3 is 0 Å². The van der Waals surface area contributed by atoms with Gasteiger partial charge in [0.25, 0.3) is 17.5 Å². The Kier molecular flexibility index (Phi) is 3.01. The third-order valence-electron chi connectivity index (χ3n) is 3.58. The van der Waals surface area contributed by atoms with Gasteiger partial charge in [-0.3, -0.25) is 19.7 Å². The van der Waals surface area contributed by atoms with E-state index >= 15 is 0 Å². The molecular formula is C14H12N4O4. The molecular weight excluding hydrogens is 288 g/mol. The van der Waals surface area contributed by atoms with Crippen LogP contribution in [0.25, 0.3) is 10.9 Å². The highest BCUT2D eigenvalue weighted by Gasteiger charge is 2.32. The fraction of sp³-hybridized carbons (Fsp3) is 0.214. The standard InChI is InChI=1S/C14H12N4O4/c1-3-15-13(19)8-6-7-11-9(17(2)14(7)20)4-5-10(18(21)22)12(11)16-8/h4-6H,3H2,1-2H3,(H,15,19). The summed E-state index contributed by atoms with van der Waals surface area (Å²) >= 11 is 0. The molecule has 1 aromatic heterocycles. The van der Waals surface area contributed by atoms with E-state index in [9.17, 15) is 19.7 Å². The van der Waals surface area contributed by atoms with E-state index in [1.54, 1.807) is 14.0 Å². The molecule has 0 bridgehead atoms. The van der Waals surface area contributed by atoms with Crippen LogP contribution in [0.15, 0.2) is 18.2 Å². The van der Waals surface area contributed by atoms with Crippen molar-refractivity contribution in [3.05, 3.63) is 39.6 Å². The molecule has 0 saturated heterocycles. The molecule has 1 N–H and O–H groups in total. The summed E-state index contributed by atoms with van der Waals surface area (Å²) in [5.41, 5.74) is 0.629. The van der Waals surface area contributed by atoms with Crippen molar-refractivity contribution in [3.8, 4) is 0 Å². The molecule has 0 aliphatic carbocycles. The Hall–Kier alpha value is -3.03. The largest absolute Gasteiger partial charge is 0.351 e. The van der Waals surface area contributed by atoms with Crippen molar-refractivity contribution in [2.24, 2.45) is 0 Å². The number of carbonyl (C=O) groups is 2. The maximum absolute atomic E-state index is 12.3. The van der Waals surface area contributed by atoms with Crippen LogP contribution in [0.3, 0.4) is 0 Å². The number of carbonyl (C=O) groups excluding carboxylic acids is 2. The lowest BCUT2D eigenvalue weighted by atomic mass is 10.1. The topological polar surface area (TPSA) is 105 Å². The SMILES string of the molecule is CCNC(=O)c1cc2c3c(ccc([N+](=O)[O-])c3n1)N(C)C2=O. The monoisotopic (exact) mass is 300 g/mol. The highest BCUT2D eigenvalue weighted by molar-refractivity contribution is 6.26. The third kappa shape index (κ3) is 1.80. The molecule has 2 aromatic rings. The fourth-order valence-corrected chi connectivity index (χ4v) is 2.56. The van der Waals surface area contributed by atoms with E-state index in [0.29, 0.717) is 17.6 Å². The second-order valence-electron chi connectivity index (χ2n) is 4.86. The number of hydrogen-bond acceptors (Lipinski definition) is 5. The molecule has 0 saturated carbocycles. The molecule has 3 rings (SSSR count). The number of nitro benzene ring substituents is 1. The summed E-state index contributed by atoms with van der Waals surface area (Å²) in [6, 6.07) is 4.19. The molecule has 0 spiro atoms. The molecule has 1 aliphatic rings. The van der Waals surface area contributed by atoms with Crippen molar-refractivity contribution in [2.75, 3.05) is 18.5 Å². The summed E-state index contributed by atoms with van der Waals surface area (Å²) in [6.07, 6.45) is 0. The molecule has 0 radical (unpaired) electrons. The van der Waals surface area contributed by atoms with Gasteiger partial charge in [0, 0.05) is 25.0 Å². The molecule has 8 heteroatoms. The van der Waals surface area contributed by atoms with E-state index in [-0.39, 0.29) is 28.4 Å². The highest BCUT2D eigenvalue weighted by atomic mass is 16.6. The molecule has 112 valence electrons. The van der Waals surface area contributed by atoms with E-state index in [2.05, 4.69) is 10.3 Å². The number of aromatic nitrogens is 1. The first-order valence-electron chi connectivity index (χ1n) is 6.64. The zero-order valence-corrected chi connectivity index (χ0v) is 11.9. The first-order chi connectivity index (χ1) is 10.5. The molecule has 2 amide bonds. The summed E-state index contributed by atoms with van der Waals surface area (Å²) in [6.45, 7) is 2.14. The average molecular weight is 300 g/mol. The number of nitrogens with zero attached hydrogens (tertiary/aromatic N) is 3. The van der Waals surface area contributed by atoms with Crippen molar-refractivity contribution in [1.82, 2.24) is 10.3 Å². The summed E-state index contributed by atoms with van der Waals surface area (Å²) in [5.74, 6) is -0.781. The molecule has 8 nitrogen and oxygen atoms in total. The van der Waals surface area contributed by atoms with Gasteiger partial charge in [-0.05, 0) is 19.1 Å². The Balaban J connectivity index is 2.37. The van der Waals surface area contributed by atoms with E-state index in [1.165, 1.54) is 23.1 Å². The van der Waals surface area contributed by atoms with Gasteiger partial charge in [-0.25, -0.2) is 4.98 Å². The van der Waals surface area contributed by atoms with Crippen molar-refractivity contribution in [2.45, 2.75) is 6.92 Å². The van der Waals surface area contributed by atoms with Crippen LogP contribution in [-0.4, -0.2) is 35.3 Å². The van der Waals surface area contributed by atoms with Crippen LogP contribution >= 0.6 is 0 Å². The number of rotatable bonds is 3. The van der Waals surface area contributed by atoms with Gasteiger partial charge in [-0.2, -0.15) is 0 Å². The van der Waals surface area contributed by atoms with Gasteiger partial charge in [0.05, 0.1) is 16.2 Å². The molecule has 2 heterocycles. The first-order valence-corrected chi connectivity index (χ1v) is 6.64. The van der Waals surface area contributed by atoms with Gasteiger partial charge < -0.3 is 10.2 Å². The number of pyridine rings is 1. The Morgan fingerprint density at radius 2 is 2.18 bits per heavy atom. The van der Waals surface area contributed by atoms with Gasteiger partial charge in [0.1, 0.15) is 5.69 Å². The smallest absolute Gasteiger partial charge is 0.295 e. The molecule has 0 unspecified atom stereocenters. The lowest BCUT2D eigenvalue weighted by Gasteiger charge is -2.09. The highest BCUT2D eigenvalue weighted by Crippen LogP contribution is 2.39. The summed E-state index contributed by atoms with van der Waals surface area (Å²) < 4.78 is 0. The molecule has 1 aromatic carbocycles. The van der Waals surface area contributed by atoms with Crippen LogP contribution in [0.2, 0.25) is 0 Å². The van der Waals surface area contributed by atoms with E-state index in [4.69, 9.17) is 0 Å². The van der Waals surface area contributed by atoms with Crippen molar-refractivity contribution < 1.29 is 14.5 Å². The van der Waals surface area contributed by atoms with Crippen molar-refractivity contribution in [3.63, 3.8) is 0 Å².